The minimum Gasteiger partial charge on any atom is -0.489 e. The average Bonchev–Trinajstić information content (AvgIpc) is 2.21. The largest absolute Gasteiger partial charge is 0.489 e. The van der Waals surface area contributed by atoms with Gasteiger partial charge in [-0.3, -0.25) is 0 Å². The summed E-state index contributed by atoms with van der Waals surface area (Å²) in [6.45, 7) is 1.84. The van der Waals surface area contributed by atoms with Gasteiger partial charge in [-0.25, -0.2) is 13.8 Å². The van der Waals surface area contributed by atoms with Crippen LogP contribution in [0.25, 0.3) is 0 Å². The van der Waals surface area contributed by atoms with Crippen LogP contribution >= 0.6 is 0 Å². The van der Waals surface area contributed by atoms with Crippen molar-refractivity contribution < 1.29 is 13.5 Å². The van der Waals surface area contributed by atoms with E-state index in [9.17, 15) is 8.78 Å². The summed E-state index contributed by atoms with van der Waals surface area (Å²) in [4.78, 5) is 7.11. The van der Waals surface area contributed by atoms with Gasteiger partial charge in [-0.15, -0.1) is 0 Å². The quantitative estimate of drug-likeness (QED) is 0.543. The number of hydrogen-bond donors (Lipinski definition) is 3. The molecule has 0 spiro atoms. The summed E-state index contributed by atoms with van der Waals surface area (Å²) >= 11 is 0. The fourth-order valence-electron chi connectivity index (χ4n) is 1.20. The molecule has 0 atom stereocenters. The van der Waals surface area contributed by atoms with E-state index in [1.807, 2.05) is 0 Å². The number of benzene rings is 1. The molecular formula is C10H13F2N5O. The van der Waals surface area contributed by atoms with E-state index in [1.54, 1.807) is 6.92 Å². The lowest BCUT2D eigenvalue weighted by Gasteiger charge is -2.08. The summed E-state index contributed by atoms with van der Waals surface area (Å²) in [6, 6.07) is 1.64. The standard InChI is InChI=1S/C10H13F2N5O/c1-2-18-8-6(12)3-5(11)4-7(8)16-10(15)17-9(13)14/h3-4H,2H2,1H3,(H6,13,14,15,16,17). The number of rotatable bonds is 3. The number of guanidine groups is 2. The van der Waals surface area contributed by atoms with Crippen molar-refractivity contribution in [3.05, 3.63) is 23.8 Å². The lowest BCUT2D eigenvalue weighted by molar-refractivity contribution is 0.321. The zero-order chi connectivity index (χ0) is 13.7. The van der Waals surface area contributed by atoms with E-state index < -0.39 is 11.6 Å². The number of aliphatic imine (C=N–C) groups is 2. The molecule has 0 aromatic heterocycles. The van der Waals surface area contributed by atoms with E-state index in [4.69, 9.17) is 21.9 Å². The molecule has 0 unspecified atom stereocenters. The van der Waals surface area contributed by atoms with Gasteiger partial charge >= 0.3 is 0 Å². The van der Waals surface area contributed by atoms with Crippen LogP contribution in [0.2, 0.25) is 0 Å². The molecule has 18 heavy (non-hydrogen) atoms. The first-order valence-electron chi connectivity index (χ1n) is 4.99. The Labute approximate surface area is 102 Å². The van der Waals surface area contributed by atoms with Crippen molar-refractivity contribution in [1.82, 2.24) is 0 Å². The maximum absolute atomic E-state index is 13.5. The minimum absolute atomic E-state index is 0.128. The van der Waals surface area contributed by atoms with Crippen molar-refractivity contribution in [1.29, 1.82) is 0 Å². The van der Waals surface area contributed by atoms with E-state index in [-0.39, 0.29) is 30.0 Å². The van der Waals surface area contributed by atoms with Crippen molar-refractivity contribution >= 4 is 17.6 Å². The zero-order valence-electron chi connectivity index (χ0n) is 9.65. The second-order valence-corrected chi connectivity index (χ2v) is 3.18. The van der Waals surface area contributed by atoms with Gasteiger partial charge in [0, 0.05) is 12.1 Å². The molecule has 0 saturated heterocycles. The monoisotopic (exact) mass is 257 g/mol. The van der Waals surface area contributed by atoms with Gasteiger partial charge in [0.15, 0.2) is 17.5 Å². The van der Waals surface area contributed by atoms with Gasteiger partial charge in [-0.05, 0) is 6.92 Å². The Morgan fingerprint density at radius 2 is 1.94 bits per heavy atom. The van der Waals surface area contributed by atoms with Gasteiger partial charge in [0.05, 0.1) is 6.61 Å². The van der Waals surface area contributed by atoms with Crippen LogP contribution < -0.4 is 21.9 Å². The van der Waals surface area contributed by atoms with Gasteiger partial charge < -0.3 is 21.9 Å². The van der Waals surface area contributed by atoms with Crippen molar-refractivity contribution in [2.24, 2.45) is 27.2 Å². The molecule has 0 saturated carbocycles. The highest BCUT2D eigenvalue weighted by atomic mass is 19.1. The van der Waals surface area contributed by atoms with E-state index in [1.165, 1.54) is 0 Å². The van der Waals surface area contributed by atoms with Gasteiger partial charge in [0.25, 0.3) is 0 Å². The number of hydrogen-bond acceptors (Lipinski definition) is 2. The van der Waals surface area contributed by atoms with Crippen LogP contribution in [0, 0.1) is 11.6 Å². The molecule has 1 rings (SSSR count). The van der Waals surface area contributed by atoms with Crippen LogP contribution in [0.1, 0.15) is 6.92 Å². The lowest BCUT2D eigenvalue weighted by atomic mass is 10.2. The molecule has 98 valence electrons. The molecule has 0 amide bonds. The summed E-state index contributed by atoms with van der Waals surface area (Å²) in [6.07, 6.45) is 0. The van der Waals surface area contributed by atoms with Crippen molar-refractivity contribution in [2.75, 3.05) is 6.61 Å². The van der Waals surface area contributed by atoms with Gasteiger partial charge in [-0.1, -0.05) is 0 Å². The third-order valence-electron chi connectivity index (χ3n) is 1.76. The Kier molecular flexibility index (Phi) is 4.41. The van der Waals surface area contributed by atoms with E-state index >= 15 is 0 Å². The highest BCUT2D eigenvalue weighted by molar-refractivity contribution is 5.93. The first-order chi connectivity index (χ1) is 8.43. The fourth-order valence-corrected chi connectivity index (χ4v) is 1.20. The first kappa shape index (κ1) is 13.7. The Morgan fingerprint density at radius 3 is 2.50 bits per heavy atom. The SMILES string of the molecule is CCOc1c(F)cc(F)cc1N=C(N)N=C(N)N. The molecule has 0 bridgehead atoms. The minimum atomic E-state index is -0.881. The number of nitrogens with zero attached hydrogens (tertiary/aromatic N) is 2. The number of ether oxygens (including phenoxy) is 1. The van der Waals surface area contributed by atoms with Crippen LogP contribution in [0.4, 0.5) is 14.5 Å². The molecule has 0 radical (unpaired) electrons. The van der Waals surface area contributed by atoms with Crippen LogP contribution in [0.15, 0.2) is 22.1 Å². The second-order valence-electron chi connectivity index (χ2n) is 3.18. The molecule has 0 aliphatic rings. The third-order valence-corrected chi connectivity index (χ3v) is 1.76. The Hall–Kier alpha value is -2.38. The third kappa shape index (κ3) is 3.58. The van der Waals surface area contributed by atoms with E-state index in [0.29, 0.717) is 6.07 Å². The van der Waals surface area contributed by atoms with Crippen LogP contribution in [-0.4, -0.2) is 18.5 Å². The molecule has 0 aliphatic carbocycles. The van der Waals surface area contributed by atoms with Crippen molar-refractivity contribution in [3.63, 3.8) is 0 Å². The number of nitrogens with two attached hydrogens (primary N) is 3. The van der Waals surface area contributed by atoms with E-state index in [0.717, 1.165) is 6.07 Å². The highest BCUT2D eigenvalue weighted by Gasteiger charge is 2.12. The molecular weight excluding hydrogens is 244 g/mol. The maximum Gasteiger partial charge on any atom is 0.223 e. The second kappa shape index (κ2) is 5.80. The predicted molar refractivity (Wildman–Crippen MR) is 64.6 cm³/mol. The Bertz CT molecular complexity index is 497. The van der Waals surface area contributed by atoms with Crippen LogP contribution in [0.5, 0.6) is 5.75 Å². The fraction of sp³-hybridized carbons (Fsp3) is 0.200. The predicted octanol–water partition coefficient (Wildman–Crippen LogP) is 0.583. The summed E-state index contributed by atoms with van der Waals surface area (Å²) < 4.78 is 31.5. The topological polar surface area (TPSA) is 112 Å². The Morgan fingerprint density at radius 1 is 1.28 bits per heavy atom. The molecule has 1 aromatic rings. The van der Waals surface area contributed by atoms with Crippen molar-refractivity contribution in [3.8, 4) is 5.75 Å². The van der Waals surface area contributed by atoms with Gasteiger partial charge in [0.1, 0.15) is 11.5 Å². The van der Waals surface area contributed by atoms with Crippen LogP contribution in [-0.2, 0) is 0 Å². The summed E-state index contributed by atoms with van der Waals surface area (Å²) in [5.74, 6) is -2.56. The molecule has 1 aromatic carbocycles. The van der Waals surface area contributed by atoms with Gasteiger partial charge in [0.2, 0.25) is 5.96 Å². The maximum atomic E-state index is 13.5. The zero-order valence-corrected chi connectivity index (χ0v) is 9.65. The van der Waals surface area contributed by atoms with E-state index in [2.05, 4.69) is 9.98 Å². The molecule has 8 heteroatoms. The molecule has 0 fully saturated rings. The summed E-state index contributed by atoms with van der Waals surface area (Å²) in [7, 11) is 0. The number of halogens is 2. The summed E-state index contributed by atoms with van der Waals surface area (Å²) in [5, 5.41) is 0. The lowest BCUT2D eigenvalue weighted by Crippen LogP contribution is -2.26. The normalized spacial score (nSPS) is 11.2. The van der Waals surface area contributed by atoms with Gasteiger partial charge in [-0.2, -0.15) is 4.99 Å². The smallest absolute Gasteiger partial charge is 0.223 e. The van der Waals surface area contributed by atoms with Crippen molar-refractivity contribution in [2.45, 2.75) is 6.92 Å². The molecule has 6 nitrogen and oxygen atoms in total. The Balaban J connectivity index is 3.26. The molecule has 6 N–H and O–H groups in total. The molecule has 0 aliphatic heterocycles. The average molecular weight is 257 g/mol. The highest BCUT2D eigenvalue weighted by Crippen LogP contribution is 2.31. The first-order valence-corrected chi connectivity index (χ1v) is 4.99. The molecule has 0 heterocycles. The van der Waals surface area contributed by atoms with Crippen LogP contribution in [0.3, 0.4) is 0 Å². The summed E-state index contributed by atoms with van der Waals surface area (Å²) in [5.41, 5.74) is 15.4.